The third-order valence-corrected chi connectivity index (χ3v) is 5.32. The van der Waals surface area contributed by atoms with Gasteiger partial charge in [0.15, 0.2) is 0 Å². The lowest BCUT2D eigenvalue weighted by Gasteiger charge is -2.27. The molecule has 3 rings (SSSR count). The van der Waals surface area contributed by atoms with E-state index in [1.54, 1.807) is 9.80 Å². The van der Waals surface area contributed by atoms with Crippen molar-refractivity contribution in [2.24, 2.45) is 0 Å². The quantitative estimate of drug-likeness (QED) is 0.367. The molecule has 3 heterocycles. The van der Waals surface area contributed by atoms with E-state index in [9.17, 15) is 14.8 Å². The van der Waals surface area contributed by atoms with Crippen molar-refractivity contribution in [3.05, 3.63) is 11.8 Å². The number of nitrogens with zero attached hydrogens (tertiary/aromatic N) is 5. The summed E-state index contributed by atoms with van der Waals surface area (Å²) in [6.45, 7) is 6.95. The van der Waals surface area contributed by atoms with Crippen molar-refractivity contribution in [1.29, 1.82) is 0 Å². The number of hydrogen-bond donors (Lipinski definition) is 1. The molecule has 3 amide bonds. The smallest absolute Gasteiger partial charge is 0.410 e. The van der Waals surface area contributed by atoms with Gasteiger partial charge >= 0.3 is 12.1 Å². The second kappa shape index (κ2) is 9.40. The molecule has 30 heavy (non-hydrogen) atoms. The first-order valence-corrected chi connectivity index (χ1v) is 11.1. The molecule has 0 aliphatic carbocycles. The summed E-state index contributed by atoms with van der Waals surface area (Å²) < 4.78 is 16.5. The van der Waals surface area contributed by atoms with Crippen LogP contribution in [0.2, 0.25) is 0 Å². The maximum Gasteiger partial charge on any atom is 0.410 e. The van der Waals surface area contributed by atoms with Crippen LogP contribution in [-0.4, -0.2) is 86.5 Å². The van der Waals surface area contributed by atoms with E-state index in [0.717, 1.165) is 5.06 Å². The van der Waals surface area contributed by atoms with E-state index in [1.165, 1.54) is 12.0 Å². The summed E-state index contributed by atoms with van der Waals surface area (Å²) in [5.41, 5.74) is -0.602. The predicted octanol–water partition coefficient (Wildman–Crippen LogP) is 2.47. The lowest BCUT2D eigenvalue weighted by atomic mass is 10.0. The van der Waals surface area contributed by atoms with Gasteiger partial charge in [0.1, 0.15) is 11.6 Å². The van der Waals surface area contributed by atoms with E-state index in [-0.39, 0.29) is 12.1 Å². The largest absolute Gasteiger partial charge is 0.444 e. The lowest BCUT2D eigenvalue weighted by molar-refractivity contribution is -0.0584. The van der Waals surface area contributed by atoms with Gasteiger partial charge in [-0.2, -0.15) is 0 Å². The Bertz CT molecular complexity index is 754. The molecule has 168 valence electrons. The van der Waals surface area contributed by atoms with Gasteiger partial charge in [0.2, 0.25) is 11.8 Å². The summed E-state index contributed by atoms with van der Waals surface area (Å²) in [6.07, 6.45) is 3.04. The van der Waals surface area contributed by atoms with Gasteiger partial charge in [0, 0.05) is 32.3 Å². The van der Waals surface area contributed by atoms with Crippen LogP contribution in [0.4, 0.5) is 9.59 Å². The molecule has 0 unspecified atom stereocenters. The topological polar surface area (TPSA) is 121 Å². The summed E-state index contributed by atoms with van der Waals surface area (Å²) in [4.78, 5) is 27.7. The Morgan fingerprint density at radius 3 is 2.80 bits per heavy atom. The molecule has 2 saturated heterocycles. The first-order chi connectivity index (χ1) is 14.2. The zero-order valence-electron chi connectivity index (χ0n) is 17.7. The number of piperidine rings is 1. The second-order valence-electron chi connectivity index (χ2n) is 8.27. The third kappa shape index (κ3) is 5.35. The molecule has 2 fully saturated rings. The fourth-order valence-corrected chi connectivity index (χ4v) is 3.73. The molecular weight excluding hydrogens is 414 g/mol. The number of carbonyl (C=O) groups is 2. The van der Waals surface area contributed by atoms with E-state index >= 15 is 0 Å². The van der Waals surface area contributed by atoms with Crippen LogP contribution in [0, 0.1) is 0 Å². The van der Waals surface area contributed by atoms with E-state index in [4.69, 9.17) is 13.3 Å². The van der Waals surface area contributed by atoms with Crippen LogP contribution in [0.3, 0.4) is 0 Å². The van der Waals surface area contributed by atoms with Crippen molar-refractivity contribution in [2.45, 2.75) is 57.7 Å². The highest BCUT2D eigenvalue weighted by Gasteiger charge is 2.46. The van der Waals surface area contributed by atoms with Crippen molar-refractivity contribution in [3.63, 3.8) is 0 Å². The number of aromatic nitrogens is 2. The molecule has 0 spiro atoms. The Kier molecular flexibility index (Phi) is 7.09. The zero-order chi connectivity index (χ0) is 21.9. The first kappa shape index (κ1) is 22.6. The van der Waals surface area contributed by atoms with Gasteiger partial charge in [-0.3, -0.25) is 5.21 Å². The van der Waals surface area contributed by atoms with Gasteiger partial charge in [-0.15, -0.1) is 10.2 Å². The summed E-state index contributed by atoms with van der Waals surface area (Å²) >= 11 is 1.24. The van der Waals surface area contributed by atoms with Crippen molar-refractivity contribution < 1.29 is 28.1 Å². The van der Waals surface area contributed by atoms with Crippen LogP contribution in [-0.2, 0) is 15.3 Å². The highest BCUT2D eigenvalue weighted by Crippen LogP contribution is 2.36. The number of rotatable bonds is 8. The highest BCUT2D eigenvalue weighted by molar-refractivity contribution is 7.93. The first-order valence-electron chi connectivity index (χ1n) is 9.94. The van der Waals surface area contributed by atoms with Gasteiger partial charge in [0.25, 0.3) is 0 Å². The standard InChI is InChI=1S/C18H29N5O6S/c1-18(2,3)29-17(25)21(9-10-27-30-4)8-7-14-19-20-15(28-14)13-6-5-12-11-22(13)16(24)23(12)26/h12-13,26H,5-11H2,1-4H3/t12-,13-/m0/s1. The van der Waals surface area contributed by atoms with Crippen molar-refractivity contribution >= 4 is 24.2 Å². The number of fused-ring (bicyclic) bond motifs is 2. The average Bonchev–Trinajstić information content (AvgIpc) is 3.23. The molecule has 0 aromatic carbocycles. The van der Waals surface area contributed by atoms with Gasteiger partial charge < -0.3 is 23.1 Å². The molecule has 12 heteroatoms. The maximum absolute atomic E-state index is 12.5. The lowest BCUT2D eigenvalue weighted by Crippen LogP contribution is -2.39. The molecule has 0 radical (unpaired) electrons. The minimum atomic E-state index is -0.602. The van der Waals surface area contributed by atoms with Crippen molar-refractivity contribution in [3.8, 4) is 0 Å². The Morgan fingerprint density at radius 2 is 2.10 bits per heavy atom. The summed E-state index contributed by atoms with van der Waals surface area (Å²) in [7, 11) is 0. The SMILES string of the molecule is CSOCCN(CCc1nnc([C@@H]2CC[C@H]3CN2C(=O)N3O)o1)C(=O)OC(C)(C)C. The van der Waals surface area contributed by atoms with E-state index in [2.05, 4.69) is 10.2 Å². The average molecular weight is 444 g/mol. The maximum atomic E-state index is 12.5. The second-order valence-corrected chi connectivity index (χ2v) is 8.84. The Morgan fingerprint density at radius 1 is 1.33 bits per heavy atom. The molecule has 2 aliphatic heterocycles. The summed E-state index contributed by atoms with van der Waals surface area (Å²) in [6, 6.07) is -0.960. The van der Waals surface area contributed by atoms with Gasteiger partial charge in [-0.1, -0.05) is 0 Å². The van der Waals surface area contributed by atoms with Gasteiger partial charge in [-0.25, -0.2) is 14.7 Å². The third-order valence-electron chi connectivity index (χ3n) is 4.92. The molecule has 2 atom stereocenters. The molecule has 1 aromatic heterocycles. The van der Waals surface area contributed by atoms with Crippen LogP contribution in [0.25, 0.3) is 0 Å². The van der Waals surface area contributed by atoms with Crippen LogP contribution < -0.4 is 0 Å². The minimum absolute atomic E-state index is 0.179. The molecule has 2 aliphatic rings. The summed E-state index contributed by atoms with van der Waals surface area (Å²) in [5, 5.41) is 18.8. The van der Waals surface area contributed by atoms with Gasteiger partial charge in [-0.05, 0) is 45.7 Å². The monoisotopic (exact) mass is 443 g/mol. The Hall–Kier alpha value is -2.05. The Labute approximate surface area is 179 Å². The van der Waals surface area contributed by atoms with E-state index in [1.807, 2.05) is 27.0 Å². The number of hydrogen-bond acceptors (Lipinski definition) is 9. The van der Waals surface area contributed by atoms with Crippen LogP contribution >= 0.6 is 12.0 Å². The Balaban J connectivity index is 1.60. The molecule has 1 aromatic rings. The molecule has 11 nitrogen and oxygen atoms in total. The van der Waals surface area contributed by atoms with Crippen LogP contribution in [0.1, 0.15) is 51.4 Å². The van der Waals surface area contributed by atoms with E-state index < -0.39 is 17.7 Å². The van der Waals surface area contributed by atoms with Gasteiger partial charge in [0.05, 0.1) is 12.6 Å². The molecule has 0 saturated carbocycles. The van der Waals surface area contributed by atoms with E-state index in [0.29, 0.717) is 57.3 Å². The van der Waals surface area contributed by atoms with Crippen molar-refractivity contribution in [2.75, 3.05) is 32.5 Å². The fraction of sp³-hybridized carbons (Fsp3) is 0.778. The molecule has 1 N–H and O–H groups in total. The number of carbonyl (C=O) groups excluding carboxylic acids is 2. The van der Waals surface area contributed by atoms with Crippen LogP contribution in [0.15, 0.2) is 4.42 Å². The number of ether oxygens (including phenoxy) is 1. The number of amides is 3. The number of hydroxylamine groups is 2. The molecule has 2 bridgehead atoms. The predicted molar refractivity (Wildman–Crippen MR) is 107 cm³/mol. The minimum Gasteiger partial charge on any atom is -0.444 e. The fourth-order valence-electron chi connectivity index (χ4n) is 3.49. The molecular formula is C18H29N5O6S. The summed E-state index contributed by atoms with van der Waals surface area (Å²) in [5.74, 6) is 0.723. The highest BCUT2D eigenvalue weighted by atomic mass is 32.2. The van der Waals surface area contributed by atoms with Crippen molar-refractivity contribution in [1.82, 2.24) is 25.1 Å². The number of urea groups is 1. The zero-order valence-corrected chi connectivity index (χ0v) is 18.6. The van der Waals surface area contributed by atoms with Crippen LogP contribution in [0.5, 0.6) is 0 Å². The normalized spacial score (nSPS) is 21.3.